The van der Waals surface area contributed by atoms with Gasteiger partial charge in [-0.2, -0.15) is 0 Å². The van der Waals surface area contributed by atoms with Gasteiger partial charge < -0.3 is 19.7 Å². The van der Waals surface area contributed by atoms with Gasteiger partial charge in [0.2, 0.25) is 0 Å². The zero-order valence-corrected chi connectivity index (χ0v) is 17.8. The first-order chi connectivity index (χ1) is 14.6. The minimum Gasteiger partial charge on any atom is -0.390 e. The largest absolute Gasteiger partial charge is 0.390 e. The number of carbonyl (C=O) groups excluding carboxylic acids is 2. The molecule has 9 atom stereocenters. The standard InChI is InChI=1S/C24H29FO6/c1-4-20-30-19-10-16-15-6-5-13-9-14(27)7-8-21(13,2)23(15,25)17(28)11-22(16,3)24(19,31-20)18(29)12-26/h4,7-9,15-17,19-20,26,28H,1,5-6,10-12H2,2-3H3/t15-,16-,17-,19+,20?,21-,22-,23-,24+/m0/s1. The van der Waals surface area contributed by atoms with E-state index in [4.69, 9.17) is 9.47 Å². The summed E-state index contributed by atoms with van der Waals surface area (Å²) >= 11 is 0. The third-order valence-corrected chi connectivity index (χ3v) is 9.15. The number of hydrogen-bond acceptors (Lipinski definition) is 6. The van der Waals surface area contributed by atoms with Crippen LogP contribution in [0.25, 0.3) is 0 Å². The third kappa shape index (κ3) is 2.25. The molecule has 2 N–H and O–H groups in total. The molecule has 0 radical (unpaired) electrons. The highest BCUT2D eigenvalue weighted by atomic mass is 19.1. The van der Waals surface area contributed by atoms with Crippen molar-refractivity contribution in [3.63, 3.8) is 0 Å². The Labute approximate surface area is 180 Å². The maximum absolute atomic E-state index is 17.1. The lowest BCUT2D eigenvalue weighted by Crippen LogP contribution is -2.69. The molecular formula is C24H29FO6. The summed E-state index contributed by atoms with van der Waals surface area (Å²) in [6.07, 6.45) is 4.52. The Bertz CT molecular complexity index is 927. The first-order valence-electron chi connectivity index (χ1n) is 11.0. The molecule has 6 nitrogen and oxygen atoms in total. The van der Waals surface area contributed by atoms with Gasteiger partial charge in [0.15, 0.2) is 29.1 Å². The molecule has 5 aliphatic rings. The summed E-state index contributed by atoms with van der Waals surface area (Å²) in [7, 11) is 0. The number of aliphatic hydroxyl groups is 2. The summed E-state index contributed by atoms with van der Waals surface area (Å²) in [4.78, 5) is 25.0. The molecule has 1 heterocycles. The quantitative estimate of drug-likeness (QED) is 0.665. The molecule has 0 aromatic heterocycles. The molecule has 4 fully saturated rings. The van der Waals surface area contributed by atoms with Crippen LogP contribution in [0, 0.1) is 22.7 Å². The van der Waals surface area contributed by atoms with Crippen molar-refractivity contribution in [2.75, 3.05) is 6.61 Å². The van der Waals surface area contributed by atoms with Crippen molar-refractivity contribution < 1.29 is 33.7 Å². The van der Waals surface area contributed by atoms with Gasteiger partial charge in [-0.3, -0.25) is 9.59 Å². The summed E-state index contributed by atoms with van der Waals surface area (Å²) in [5.41, 5.74) is -4.75. The molecule has 1 unspecified atom stereocenters. The molecule has 0 bridgehead atoms. The second kappa shape index (κ2) is 6.44. The lowest BCUT2D eigenvalue weighted by Gasteiger charge is -2.62. The maximum atomic E-state index is 17.1. The zero-order chi connectivity index (χ0) is 22.4. The second-order valence-corrected chi connectivity index (χ2v) is 10.2. The van der Waals surface area contributed by atoms with Crippen LogP contribution in [0.1, 0.15) is 39.5 Å². The summed E-state index contributed by atoms with van der Waals surface area (Å²) in [6, 6.07) is 0. The van der Waals surface area contributed by atoms with Gasteiger partial charge in [0.05, 0.1) is 12.2 Å². The number of ketones is 2. The van der Waals surface area contributed by atoms with Crippen LogP contribution in [-0.4, -0.2) is 58.2 Å². The highest BCUT2D eigenvalue weighted by Crippen LogP contribution is 2.71. The predicted octanol–water partition coefficient (Wildman–Crippen LogP) is 2.19. The van der Waals surface area contributed by atoms with E-state index in [1.165, 1.54) is 18.2 Å². The summed E-state index contributed by atoms with van der Waals surface area (Å²) < 4.78 is 29.2. The molecule has 31 heavy (non-hydrogen) atoms. The van der Waals surface area contributed by atoms with Crippen molar-refractivity contribution in [3.05, 3.63) is 36.5 Å². The molecule has 0 spiro atoms. The lowest BCUT2D eigenvalue weighted by atomic mass is 9.44. The molecule has 3 saturated carbocycles. The van der Waals surface area contributed by atoms with E-state index in [-0.39, 0.29) is 18.1 Å². The van der Waals surface area contributed by atoms with Crippen molar-refractivity contribution in [3.8, 4) is 0 Å². The molecular weight excluding hydrogens is 403 g/mol. The number of carbonyl (C=O) groups is 2. The molecule has 0 amide bonds. The fourth-order valence-electron chi connectivity index (χ4n) is 7.71. The molecule has 4 aliphatic carbocycles. The second-order valence-electron chi connectivity index (χ2n) is 10.2. The van der Waals surface area contributed by atoms with E-state index in [0.717, 1.165) is 0 Å². The van der Waals surface area contributed by atoms with E-state index in [9.17, 15) is 19.8 Å². The number of aliphatic hydroxyl groups excluding tert-OH is 2. The molecule has 0 aromatic rings. The van der Waals surface area contributed by atoms with Crippen LogP contribution in [0.5, 0.6) is 0 Å². The third-order valence-electron chi connectivity index (χ3n) is 9.15. The Balaban J connectivity index is 1.63. The van der Waals surface area contributed by atoms with Crippen molar-refractivity contribution in [2.24, 2.45) is 22.7 Å². The highest BCUT2D eigenvalue weighted by Gasteiger charge is 2.79. The first-order valence-corrected chi connectivity index (χ1v) is 11.0. The van der Waals surface area contributed by atoms with Gasteiger partial charge in [0.1, 0.15) is 6.61 Å². The van der Waals surface area contributed by atoms with Crippen LogP contribution in [0.2, 0.25) is 0 Å². The lowest BCUT2D eigenvalue weighted by molar-refractivity contribution is -0.226. The number of hydrogen-bond donors (Lipinski definition) is 2. The van der Waals surface area contributed by atoms with Gasteiger partial charge >= 0.3 is 0 Å². The van der Waals surface area contributed by atoms with Crippen molar-refractivity contribution in [1.29, 1.82) is 0 Å². The minimum absolute atomic E-state index is 0.00914. The van der Waals surface area contributed by atoms with Crippen LogP contribution >= 0.6 is 0 Å². The number of Topliss-reactive ketones (excluding diaryl/α,β-unsaturated/α-hetero) is 1. The summed E-state index contributed by atoms with van der Waals surface area (Å²) in [5, 5.41) is 21.1. The Morgan fingerprint density at radius 1 is 1.39 bits per heavy atom. The maximum Gasteiger partial charge on any atom is 0.193 e. The van der Waals surface area contributed by atoms with E-state index >= 15 is 4.39 Å². The Morgan fingerprint density at radius 3 is 2.81 bits per heavy atom. The van der Waals surface area contributed by atoms with Crippen molar-refractivity contribution in [1.82, 2.24) is 0 Å². The Morgan fingerprint density at radius 2 is 2.13 bits per heavy atom. The smallest absolute Gasteiger partial charge is 0.193 e. The van der Waals surface area contributed by atoms with Crippen molar-refractivity contribution >= 4 is 11.6 Å². The summed E-state index contributed by atoms with van der Waals surface area (Å²) in [6.45, 7) is 6.58. The Kier molecular flexibility index (Phi) is 4.40. The van der Waals surface area contributed by atoms with E-state index < -0.39 is 58.9 Å². The number of fused-ring (bicyclic) bond motifs is 7. The van der Waals surface area contributed by atoms with E-state index in [1.807, 2.05) is 6.92 Å². The molecule has 168 valence electrons. The first kappa shape index (κ1) is 21.2. The van der Waals surface area contributed by atoms with E-state index in [1.54, 1.807) is 13.0 Å². The minimum atomic E-state index is -1.99. The van der Waals surface area contributed by atoms with E-state index in [0.29, 0.717) is 24.8 Å². The number of alkyl halides is 1. The molecule has 1 saturated heterocycles. The highest BCUT2D eigenvalue weighted by molar-refractivity contribution is 6.01. The molecule has 1 aliphatic heterocycles. The van der Waals surface area contributed by atoms with Crippen LogP contribution < -0.4 is 0 Å². The fraction of sp³-hybridized carbons (Fsp3) is 0.667. The van der Waals surface area contributed by atoms with Crippen LogP contribution in [0.15, 0.2) is 36.5 Å². The Hall–Kier alpha value is -1.67. The van der Waals surface area contributed by atoms with Gasteiger partial charge in [0, 0.05) is 16.7 Å². The van der Waals surface area contributed by atoms with Gasteiger partial charge in [0.25, 0.3) is 0 Å². The normalized spacial score (nSPS) is 52.6. The SMILES string of the molecule is C=CC1O[C@@H]2C[C@H]3[C@@H]4CCC5=CC(=O)C=C[C@]5(C)[C@@]4(F)[C@@H](O)C[C@]3(C)[C@]2(C(=O)CO)O1. The average molecular weight is 432 g/mol. The monoisotopic (exact) mass is 432 g/mol. The van der Waals surface area contributed by atoms with Crippen LogP contribution in [0.4, 0.5) is 4.39 Å². The molecule has 0 aromatic carbocycles. The molecule has 7 heteroatoms. The van der Waals surface area contributed by atoms with Gasteiger partial charge in [-0.15, -0.1) is 0 Å². The van der Waals surface area contributed by atoms with Crippen molar-refractivity contribution in [2.45, 2.75) is 69.3 Å². The zero-order valence-electron chi connectivity index (χ0n) is 17.8. The summed E-state index contributed by atoms with van der Waals surface area (Å²) in [5.74, 6) is -1.51. The number of rotatable bonds is 3. The predicted molar refractivity (Wildman–Crippen MR) is 109 cm³/mol. The van der Waals surface area contributed by atoms with Gasteiger partial charge in [-0.05, 0) is 56.8 Å². The topological polar surface area (TPSA) is 93.1 Å². The number of ether oxygens (including phenoxy) is 2. The number of halogens is 1. The average Bonchev–Trinajstić information content (AvgIpc) is 3.22. The van der Waals surface area contributed by atoms with Gasteiger partial charge in [-0.1, -0.05) is 25.2 Å². The van der Waals surface area contributed by atoms with Crippen LogP contribution in [-0.2, 0) is 19.1 Å². The van der Waals surface area contributed by atoms with E-state index in [2.05, 4.69) is 6.58 Å². The molecule has 5 rings (SSSR count). The fourth-order valence-corrected chi connectivity index (χ4v) is 7.71. The number of allylic oxidation sites excluding steroid dienone is 4. The van der Waals surface area contributed by atoms with Crippen LogP contribution in [0.3, 0.4) is 0 Å². The van der Waals surface area contributed by atoms with Gasteiger partial charge in [-0.25, -0.2) is 4.39 Å².